The predicted octanol–water partition coefficient (Wildman–Crippen LogP) is 1.82. The molecule has 2 aromatic rings. The van der Waals surface area contributed by atoms with E-state index < -0.39 is 0 Å². The first-order valence-corrected chi connectivity index (χ1v) is 8.94. The fraction of sp³-hybridized carbons (Fsp3) is 0.421. The lowest BCUT2D eigenvalue weighted by atomic mass is 9.95. The van der Waals surface area contributed by atoms with E-state index in [9.17, 15) is 9.59 Å². The Hall–Kier alpha value is -2.63. The van der Waals surface area contributed by atoms with E-state index in [-0.39, 0.29) is 24.3 Å². The summed E-state index contributed by atoms with van der Waals surface area (Å²) in [7, 11) is 0. The molecule has 4 rings (SSSR count). The number of carbonyl (C=O) groups is 2. The zero-order chi connectivity index (χ0) is 17.2. The Bertz CT molecular complexity index is 812. The molecule has 0 saturated heterocycles. The maximum absolute atomic E-state index is 12.2. The van der Waals surface area contributed by atoms with Gasteiger partial charge >= 0.3 is 0 Å². The second kappa shape index (κ2) is 6.70. The van der Waals surface area contributed by atoms with Crippen molar-refractivity contribution in [2.24, 2.45) is 0 Å². The van der Waals surface area contributed by atoms with Gasteiger partial charge in [0.15, 0.2) is 0 Å². The SMILES string of the molecule is O=C(C[C@@H]1NC(=O)c2ccccc21)NCCc1n[nH]c2c1CCCC2. The Morgan fingerprint density at radius 1 is 1.24 bits per heavy atom. The number of aromatic nitrogens is 2. The smallest absolute Gasteiger partial charge is 0.252 e. The molecular weight excluding hydrogens is 316 g/mol. The number of aryl methyl sites for hydroxylation is 1. The average molecular weight is 338 g/mol. The number of rotatable bonds is 5. The van der Waals surface area contributed by atoms with Crippen molar-refractivity contribution in [3.63, 3.8) is 0 Å². The van der Waals surface area contributed by atoms with Gasteiger partial charge in [-0.05, 0) is 42.9 Å². The monoisotopic (exact) mass is 338 g/mol. The third-order valence-corrected chi connectivity index (χ3v) is 5.10. The standard InChI is InChI=1S/C19H22N4O2/c24-18(11-17-12-5-1-2-6-13(12)19(25)21-17)20-10-9-16-14-7-3-4-8-15(14)22-23-16/h1-2,5-6,17H,3-4,7-11H2,(H,20,24)(H,21,25)(H,22,23)/t17-/m0/s1. The van der Waals surface area contributed by atoms with Gasteiger partial charge in [0.2, 0.25) is 5.91 Å². The molecule has 2 amide bonds. The number of nitrogens with zero attached hydrogens (tertiary/aromatic N) is 1. The molecule has 0 unspecified atom stereocenters. The second-order valence-electron chi connectivity index (χ2n) is 6.75. The molecule has 0 bridgehead atoms. The van der Waals surface area contributed by atoms with Gasteiger partial charge in [-0.15, -0.1) is 0 Å². The van der Waals surface area contributed by atoms with Crippen molar-refractivity contribution >= 4 is 11.8 Å². The van der Waals surface area contributed by atoms with Crippen LogP contribution in [0.4, 0.5) is 0 Å². The van der Waals surface area contributed by atoms with E-state index in [4.69, 9.17) is 0 Å². The van der Waals surface area contributed by atoms with Crippen LogP contribution in [0.25, 0.3) is 0 Å². The lowest BCUT2D eigenvalue weighted by Gasteiger charge is -2.13. The largest absolute Gasteiger partial charge is 0.356 e. The number of fused-ring (bicyclic) bond motifs is 2. The van der Waals surface area contributed by atoms with Crippen LogP contribution in [0.3, 0.4) is 0 Å². The molecule has 1 aliphatic heterocycles. The number of nitrogens with one attached hydrogen (secondary N) is 3. The summed E-state index contributed by atoms with van der Waals surface area (Å²) in [5, 5.41) is 13.4. The molecule has 0 radical (unpaired) electrons. The zero-order valence-electron chi connectivity index (χ0n) is 14.1. The van der Waals surface area contributed by atoms with Gasteiger partial charge in [-0.2, -0.15) is 5.10 Å². The fourth-order valence-electron chi connectivity index (χ4n) is 3.82. The molecule has 1 aliphatic carbocycles. The van der Waals surface area contributed by atoms with Crippen molar-refractivity contribution in [3.8, 4) is 0 Å². The number of carbonyl (C=O) groups excluding carboxylic acids is 2. The summed E-state index contributed by atoms with van der Waals surface area (Å²) in [6, 6.07) is 7.20. The van der Waals surface area contributed by atoms with E-state index in [1.807, 2.05) is 18.2 Å². The summed E-state index contributed by atoms with van der Waals surface area (Å²) in [6.07, 6.45) is 5.61. The van der Waals surface area contributed by atoms with Crippen LogP contribution in [0.2, 0.25) is 0 Å². The van der Waals surface area contributed by atoms with Gasteiger partial charge < -0.3 is 10.6 Å². The third kappa shape index (κ3) is 3.16. The highest BCUT2D eigenvalue weighted by molar-refractivity contribution is 5.99. The molecule has 2 heterocycles. The number of hydrogen-bond acceptors (Lipinski definition) is 3. The minimum absolute atomic E-state index is 0.0496. The Morgan fingerprint density at radius 2 is 2.08 bits per heavy atom. The summed E-state index contributed by atoms with van der Waals surface area (Å²) in [4.78, 5) is 24.2. The van der Waals surface area contributed by atoms with Crippen LogP contribution in [0, 0.1) is 0 Å². The molecule has 1 aromatic carbocycles. The van der Waals surface area contributed by atoms with Crippen LogP contribution in [-0.4, -0.2) is 28.6 Å². The third-order valence-electron chi connectivity index (χ3n) is 5.10. The van der Waals surface area contributed by atoms with Crippen LogP contribution in [0.15, 0.2) is 24.3 Å². The highest BCUT2D eigenvalue weighted by Gasteiger charge is 2.29. The molecule has 0 spiro atoms. The molecule has 25 heavy (non-hydrogen) atoms. The van der Waals surface area contributed by atoms with Crippen LogP contribution in [0.5, 0.6) is 0 Å². The van der Waals surface area contributed by atoms with Gasteiger partial charge in [-0.1, -0.05) is 18.2 Å². The molecule has 1 aromatic heterocycles. The van der Waals surface area contributed by atoms with E-state index in [2.05, 4.69) is 20.8 Å². The van der Waals surface area contributed by atoms with Crippen LogP contribution in [-0.2, 0) is 24.1 Å². The van der Waals surface area contributed by atoms with Crippen LogP contribution in [0.1, 0.15) is 58.2 Å². The Balaban J connectivity index is 1.30. The summed E-state index contributed by atoms with van der Waals surface area (Å²) >= 11 is 0. The Labute approximate surface area is 146 Å². The van der Waals surface area contributed by atoms with Crippen molar-refractivity contribution in [1.29, 1.82) is 0 Å². The minimum Gasteiger partial charge on any atom is -0.356 e. The minimum atomic E-state index is -0.234. The van der Waals surface area contributed by atoms with Crippen molar-refractivity contribution in [3.05, 3.63) is 52.3 Å². The van der Waals surface area contributed by atoms with Gasteiger partial charge in [0.25, 0.3) is 5.91 Å². The second-order valence-corrected chi connectivity index (χ2v) is 6.75. The predicted molar refractivity (Wildman–Crippen MR) is 93.2 cm³/mol. The topological polar surface area (TPSA) is 86.9 Å². The zero-order valence-corrected chi connectivity index (χ0v) is 14.1. The Kier molecular flexibility index (Phi) is 4.26. The van der Waals surface area contributed by atoms with Crippen LogP contribution >= 0.6 is 0 Å². The van der Waals surface area contributed by atoms with Gasteiger partial charge in [0, 0.05) is 24.2 Å². The molecule has 3 N–H and O–H groups in total. The number of amides is 2. The van der Waals surface area contributed by atoms with Gasteiger partial charge in [0.1, 0.15) is 0 Å². The maximum atomic E-state index is 12.2. The van der Waals surface area contributed by atoms with Crippen LogP contribution < -0.4 is 10.6 Å². The molecule has 1 atom stereocenters. The molecule has 0 saturated carbocycles. The molecule has 0 fully saturated rings. The normalized spacial score (nSPS) is 18.4. The van der Waals surface area contributed by atoms with Gasteiger partial charge in [-0.25, -0.2) is 0 Å². The van der Waals surface area contributed by atoms with E-state index in [0.717, 1.165) is 30.5 Å². The molecule has 130 valence electrons. The lowest BCUT2D eigenvalue weighted by Crippen LogP contribution is -2.30. The number of hydrogen-bond donors (Lipinski definition) is 3. The van der Waals surface area contributed by atoms with Crippen molar-refractivity contribution in [1.82, 2.24) is 20.8 Å². The summed E-state index contributed by atoms with van der Waals surface area (Å²) in [6.45, 7) is 0.568. The molecule has 2 aliphatic rings. The summed E-state index contributed by atoms with van der Waals surface area (Å²) in [5.74, 6) is -0.150. The van der Waals surface area contributed by atoms with E-state index >= 15 is 0 Å². The summed E-state index contributed by atoms with van der Waals surface area (Å²) in [5.41, 5.74) is 5.26. The van der Waals surface area contributed by atoms with Crippen molar-refractivity contribution in [2.75, 3.05) is 6.54 Å². The van der Waals surface area contributed by atoms with Gasteiger partial charge in [-0.3, -0.25) is 14.7 Å². The number of benzene rings is 1. The van der Waals surface area contributed by atoms with Gasteiger partial charge in [0.05, 0.1) is 18.2 Å². The number of H-pyrrole nitrogens is 1. The highest BCUT2D eigenvalue weighted by Crippen LogP contribution is 2.27. The molecular formula is C19H22N4O2. The fourth-order valence-corrected chi connectivity index (χ4v) is 3.82. The summed E-state index contributed by atoms with van der Waals surface area (Å²) < 4.78 is 0. The average Bonchev–Trinajstić information content (AvgIpc) is 3.17. The van der Waals surface area contributed by atoms with E-state index in [1.165, 1.54) is 24.1 Å². The maximum Gasteiger partial charge on any atom is 0.252 e. The van der Waals surface area contributed by atoms with E-state index in [0.29, 0.717) is 12.1 Å². The van der Waals surface area contributed by atoms with E-state index in [1.54, 1.807) is 6.07 Å². The first-order chi connectivity index (χ1) is 12.2. The lowest BCUT2D eigenvalue weighted by molar-refractivity contribution is -0.121. The first-order valence-electron chi connectivity index (χ1n) is 8.94. The highest BCUT2D eigenvalue weighted by atomic mass is 16.2. The molecule has 6 nitrogen and oxygen atoms in total. The number of aromatic amines is 1. The Morgan fingerprint density at radius 3 is 3.00 bits per heavy atom. The van der Waals surface area contributed by atoms with Crippen molar-refractivity contribution in [2.45, 2.75) is 44.6 Å². The first kappa shape index (κ1) is 15.9. The molecule has 6 heteroatoms. The van der Waals surface area contributed by atoms with Crippen molar-refractivity contribution < 1.29 is 9.59 Å². The quantitative estimate of drug-likeness (QED) is 0.777.